The molecule has 3 amide bonds. The summed E-state index contributed by atoms with van der Waals surface area (Å²) < 4.78 is 18.9. The third-order valence-corrected chi connectivity index (χ3v) is 7.95. The SMILES string of the molecule is COc1ccc2cc(Br)ccc2c1CN1C(=O)C(NC(=O)[C@H](C)NC(=O)O)C2(CCOCC2)Oc2ccccc21. The van der Waals surface area contributed by atoms with Gasteiger partial charge in [0.15, 0.2) is 0 Å². The zero-order valence-corrected chi connectivity index (χ0v) is 23.7. The lowest BCUT2D eigenvalue weighted by molar-refractivity contribution is -0.138. The molecule has 2 heterocycles. The van der Waals surface area contributed by atoms with E-state index in [1.807, 2.05) is 54.6 Å². The first-order chi connectivity index (χ1) is 19.2. The van der Waals surface area contributed by atoms with E-state index < -0.39 is 29.7 Å². The van der Waals surface area contributed by atoms with Gasteiger partial charge in [-0.25, -0.2) is 4.79 Å². The van der Waals surface area contributed by atoms with Crippen molar-refractivity contribution in [3.63, 3.8) is 0 Å². The van der Waals surface area contributed by atoms with Gasteiger partial charge in [-0.05, 0) is 48.0 Å². The molecule has 0 aromatic heterocycles. The first kappa shape index (κ1) is 27.7. The Kier molecular flexibility index (Phi) is 7.86. The number of benzene rings is 3. The molecule has 0 radical (unpaired) electrons. The highest BCUT2D eigenvalue weighted by molar-refractivity contribution is 9.10. The molecule has 0 aliphatic carbocycles. The van der Waals surface area contributed by atoms with Gasteiger partial charge >= 0.3 is 6.09 Å². The Balaban J connectivity index is 1.62. The molecule has 1 spiro atoms. The normalized spacial score (nSPS) is 18.8. The second-order valence-corrected chi connectivity index (χ2v) is 10.8. The van der Waals surface area contributed by atoms with Crippen molar-refractivity contribution in [1.29, 1.82) is 0 Å². The minimum atomic E-state index is -1.34. The minimum absolute atomic E-state index is 0.142. The molecule has 0 bridgehead atoms. The summed E-state index contributed by atoms with van der Waals surface area (Å²) in [6.45, 7) is 2.25. The maximum atomic E-state index is 14.6. The van der Waals surface area contributed by atoms with Crippen LogP contribution in [0.25, 0.3) is 10.8 Å². The van der Waals surface area contributed by atoms with E-state index >= 15 is 0 Å². The van der Waals surface area contributed by atoms with E-state index in [9.17, 15) is 14.4 Å². The molecule has 2 aliphatic rings. The first-order valence-electron chi connectivity index (χ1n) is 12.9. The second kappa shape index (κ2) is 11.3. The number of nitrogens with zero attached hydrogens (tertiary/aromatic N) is 1. The maximum Gasteiger partial charge on any atom is 0.405 e. The van der Waals surface area contributed by atoms with Crippen molar-refractivity contribution in [2.24, 2.45) is 0 Å². The molecule has 3 aromatic rings. The monoisotopic (exact) mass is 611 g/mol. The number of fused-ring (bicyclic) bond motifs is 2. The van der Waals surface area contributed by atoms with Gasteiger partial charge in [-0.2, -0.15) is 0 Å². The topological polar surface area (TPSA) is 126 Å². The summed E-state index contributed by atoms with van der Waals surface area (Å²) in [5, 5.41) is 16.0. The molecule has 2 atom stereocenters. The number of hydrogen-bond acceptors (Lipinski definition) is 6. The average molecular weight is 612 g/mol. The number of halogens is 1. The number of rotatable bonds is 6. The lowest BCUT2D eigenvalue weighted by Crippen LogP contribution is -2.65. The third kappa shape index (κ3) is 5.31. The van der Waals surface area contributed by atoms with Crippen molar-refractivity contribution < 1.29 is 33.7 Å². The number of nitrogens with one attached hydrogen (secondary N) is 2. The standard InChI is InChI=1S/C29H30BrN3O7/c1-17(31-28(36)37)26(34)32-25-27(35)33(16-21-20-9-8-19(30)15-18(20)7-10-23(21)38-2)22-5-3-4-6-24(22)40-29(25)11-13-39-14-12-29/h3-10,15,17,25,31H,11-14,16H2,1-2H3,(H,32,34)(H,36,37)/t17-,25?/m0/s1. The highest BCUT2D eigenvalue weighted by atomic mass is 79.9. The van der Waals surface area contributed by atoms with Gasteiger partial charge in [0.25, 0.3) is 5.91 Å². The van der Waals surface area contributed by atoms with Crippen molar-refractivity contribution in [2.75, 3.05) is 25.2 Å². The largest absolute Gasteiger partial charge is 0.496 e. The molecule has 2 aliphatic heterocycles. The molecule has 5 rings (SSSR count). The second-order valence-electron chi connectivity index (χ2n) is 9.90. The number of carbonyl (C=O) groups is 3. The Morgan fingerprint density at radius 2 is 1.93 bits per heavy atom. The van der Waals surface area contributed by atoms with E-state index in [1.165, 1.54) is 6.92 Å². The van der Waals surface area contributed by atoms with E-state index in [1.54, 1.807) is 12.0 Å². The van der Waals surface area contributed by atoms with E-state index in [4.69, 9.17) is 19.3 Å². The van der Waals surface area contributed by atoms with Crippen LogP contribution in [0.3, 0.4) is 0 Å². The quantitative estimate of drug-likeness (QED) is 0.381. The van der Waals surface area contributed by atoms with Crippen LogP contribution in [0.5, 0.6) is 11.5 Å². The van der Waals surface area contributed by atoms with Gasteiger partial charge in [0.1, 0.15) is 29.2 Å². The highest BCUT2D eigenvalue weighted by Crippen LogP contribution is 2.42. The summed E-state index contributed by atoms with van der Waals surface area (Å²) in [6.07, 6.45) is -0.619. The number of carbonyl (C=O) groups excluding carboxylic acids is 2. The van der Waals surface area contributed by atoms with Crippen LogP contribution >= 0.6 is 15.9 Å². The number of amides is 3. The summed E-state index contributed by atoms with van der Waals surface area (Å²) in [5.74, 6) is 0.117. The minimum Gasteiger partial charge on any atom is -0.496 e. The van der Waals surface area contributed by atoms with E-state index in [0.717, 1.165) is 20.8 Å². The van der Waals surface area contributed by atoms with Gasteiger partial charge in [-0.1, -0.05) is 40.2 Å². The van der Waals surface area contributed by atoms with Crippen LogP contribution in [0, 0.1) is 0 Å². The van der Waals surface area contributed by atoms with Crippen molar-refractivity contribution in [3.05, 3.63) is 64.6 Å². The number of carboxylic acid groups (broad SMARTS) is 1. The first-order valence-corrected chi connectivity index (χ1v) is 13.7. The number of para-hydroxylation sites is 2. The van der Waals surface area contributed by atoms with Gasteiger partial charge in [-0.3, -0.25) is 9.59 Å². The molecule has 3 N–H and O–H groups in total. The number of hydrogen-bond donors (Lipinski definition) is 3. The lowest BCUT2D eigenvalue weighted by Gasteiger charge is -2.41. The third-order valence-electron chi connectivity index (χ3n) is 7.45. The van der Waals surface area contributed by atoms with E-state index in [-0.39, 0.29) is 12.5 Å². The van der Waals surface area contributed by atoms with E-state index in [0.29, 0.717) is 43.2 Å². The fourth-order valence-corrected chi connectivity index (χ4v) is 5.76. The van der Waals surface area contributed by atoms with Crippen molar-refractivity contribution in [3.8, 4) is 11.5 Å². The molecule has 210 valence electrons. The fourth-order valence-electron chi connectivity index (χ4n) is 5.38. The Labute approximate surface area is 239 Å². The maximum absolute atomic E-state index is 14.6. The Morgan fingerprint density at radius 1 is 1.18 bits per heavy atom. The molecule has 1 unspecified atom stereocenters. The Bertz CT molecular complexity index is 1460. The summed E-state index contributed by atoms with van der Waals surface area (Å²) in [7, 11) is 1.59. The molecular formula is C29H30BrN3O7. The number of anilines is 1. The molecule has 1 fully saturated rings. The predicted molar refractivity (Wildman–Crippen MR) is 152 cm³/mol. The van der Waals surface area contributed by atoms with Crippen LogP contribution < -0.4 is 25.0 Å². The van der Waals surface area contributed by atoms with E-state index in [2.05, 4.69) is 26.6 Å². The molecular weight excluding hydrogens is 582 g/mol. The van der Waals surface area contributed by atoms with Crippen LogP contribution in [0.4, 0.5) is 10.5 Å². The lowest BCUT2D eigenvalue weighted by atomic mass is 9.84. The molecule has 40 heavy (non-hydrogen) atoms. The van der Waals surface area contributed by atoms with Gasteiger partial charge in [0.2, 0.25) is 5.91 Å². The zero-order chi connectivity index (χ0) is 28.4. The Morgan fingerprint density at radius 3 is 2.65 bits per heavy atom. The van der Waals surface area contributed by atoms with Crippen LogP contribution in [-0.4, -0.2) is 61.0 Å². The smallest absolute Gasteiger partial charge is 0.405 e. The molecule has 3 aromatic carbocycles. The number of ether oxygens (including phenoxy) is 3. The van der Waals surface area contributed by atoms with Gasteiger partial charge in [0, 0.05) is 22.9 Å². The summed E-state index contributed by atoms with van der Waals surface area (Å²) in [4.78, 5) is 40.5. The van der Waals surface area contributed by atoms with Crippen molar-refractivity contribution >= 4 is 50.3 Å². The molecule has 11 heteroatoms. The van der Waals surface area contributed by atoms with Crippen LogP contribution in [0.1, 0.15) is 25.3 Å². The van der Waals surface area contributed by atoms with Crippen LogP contribution in [0.15, 0.2) is 59.1 Å². The molecule has 10 nitrogen and oxygen atoms in total. The summed E-state index contributed by atoms with van der Waals surface area (Å²) >= 11 is 3.53. The average Bonchev–Trinajstić information content (AvgIpc) is 3.02. The van der Waals surface area contributed by atoms with Gasteiger partial charge in [-0.15, -0.1) is 0 Å². The van der Waals surface area contributed by atoms with Gasteiger partial charge < -0.3 is 34.9 Å². The van der Waals surface area contributed by atoms with Crippen LogP contribution in [-0.2, 0) is 20.9 Å². The Hall–Kier alpha value is -3.83. The zero-order valence-electron chi connectivity index (χ0n) is 22.1. The van der Waals surface area contributed by atoms with Crippen molar-refractivity contribution in [2.45, 2.75) is 44.0 Å². The molecule has 1 saturated heterocycles. The molecule has 0 saturated carbocycles. The summed E-state index contributed by atoms with van der Waals surface area (Å²) in [6, 6.07) is 14.8. The fraction of sp³-hybridized carbons (Fsp3) is 0.345. The highest BCUT2D eigenvalue weighted by Gasteiger charge is 2.52. The summed E-state index contributed by atoms with van der Waals surface area (Å²) in [5.41, 5.74) is 0.263. The van der Waals surface area contributed by atoms with Crippen molar-refractivity contribution in [1.82, 2.24) is 10.6 Å². The van der Waals surface area contributed by atoms with Gasteiger partial charge in [0.05, 0.1) is 32.6 Å². The number of methoxy groups -OCH3 is 1. The van der Waals surface area contributed by atoms with Crippen LogP contribution in [0.2, 0.25) is 0 Å². The predicted octanol–water partition coefficient (Wildman–Crippen LogP) is 4.23.